The van der Waals surface area contributed by atoms with Gasteiger partial charge < -0.3 is 14.6 Å². The SMILES string of the molecule is CCOC(=O)Cn1c(CCCCCNC(=O)c2cccc(Cl)c2)nc2ccccc21. The summed E-state index contributed by atoms with van der Waals surface area (Å²) in [6.07, 6.45) is 3.48. The van der Waals surface area contributed by atoms with Crippen molar-refractivity contribution in [2.75, 3.05) is 13.2 Å². The van der Waals surface area contributed by atoms with Crippen LogP contribution in [-0.2, 0) is 22.5 Å². The van der Waals surface area contributed by atoms with Gasteiger partial charge in [0.2, 0.25) is 0 Å². The molecule has 158 valence electrons. The molecule has 0 unspecified atom stereocenters. The second kappa shape index (κ2) is 10.8. The summed E-state index contributed by atoms with van der Waals surface area (Å²) < 4.78 is 7.05. The third kappa shape index (κ3) is 5.83. The second-order valence-corrected chi connectivity index (χ2v) is 7.42. The molecule has 1 heterocycles. The maximum atomic E-state index is 12.1. The average Bonchev–Trinajstić information content (AvgIpc) is 3.08. The van der Waals surface area contributed by atoms with E-state index in [4.69, 9.17) is 21.3 Å². The number of esters is 1. The van der Waals surface area contributed by atoms with Crippen LogP contribution in [0.3, 0.4) is 0 Å². The van der Waals surface area contributed by atoms with E-state index in [0.29, 0.717) is 23.7 Å². The molecule has 0 saturated heterocycles. The molecule has 1 aromatic heterocycles. The molecule has 0 saturated carbocycles. The van der Waals surface area contributed by atoms with Gasteiger partial charge in [0, 0.05) is 23.6 Å². The number of fused-ring (bicyclic) bond motifs is 1. The van der Waals surface area contributed by atoms with E-state index in [0.717, 1.165) is 42.5 Å². The summed E-state index contributed by atoms with van der Waals surface area (Å²) in [5.41, 5.74) is 2.38. The number of amides is 1. The van der Waals surface area contributed by atoms with Crippen molar-refractivity contribution in [2.45, 2.75) is 39.2 Å². The monoisotopic (exact) mass is 427 g/mol. The molecule has 30 heavy (non-hydrogen) atoms. The molecular weight excluding hydrogens is 402 g/mol. The minimum Gasteiger partial charge on any atom is -0.465 e. The molecule has 6 nitrogen and oxygen atoms in total. The summed E-state index contributed by atoms with van der Waals surface area (Å²) in [4.78, 5) is 28.8. The molecule has 7 heteroatoms. The summed E-state index contributed by atoms with van der Waals surface area (Å²) in [6.45, 7) is 2.93. The molecule has 2 aromatic carbocycles. The van der Waals surface area contributed by atoms with Gasteiger partial charge >= 0.3 is 5.97 Å². The van der Waals surface area contributed by atoms with Gasteiger partial charge in [-0.05, 0) is 50.1 Å². The normalized spacial score (nSPS) is 10.9. The van der Waals surface area contributed by atoms with Crippen LogP contribution in [0.2, 0.25) is 5.02 Å². The number of nitrogens with one attached hydrogen (secondary N) is 1. The van der Waals surface area contributed by atoms with Gasteiger partial charge in [-0.25, -0.2) is 4.98 Å². The van der Waals surface area contributed by atoms with E-state index in [1.807, 2.05) is 28.8 Å². The van der Waals surface area contributed by atoms with Crippen molar-refractivity contribution in [2.24, 2.45) is 0 Å². The maximum absolute atomic E-state index is 12.1. The smallest absolute Gasteiger partial charge is 0.326 e. The minimum absolute atomic E-state index is 0.117. The highest BCUT2D eigenvalue weighted by Gasteiger charge is 2.14. The van der Waals surface area contributed by atoms with Crippen LogP contribution < -0.4 is 5.32 Å². The Morgan fingerprint density at radius 3 is 2.73 bits per heavy atom. The Kier molecular flexibility index (Phi) is 7.85. The number of hydrogen-bond donors (Lipinski definition) is 1. The molecule has 0 aliphatic rings. The number of nitrogens with zero attached hydrogens (tertiary/aromatic N) is 2. The summed E-state index contributed by atoms with van der Waals surface area (Å²) >= 11 is 5.92. The number of ether oxygens (including phenoxy) is 1. The third-order valence-electron chi connectivity index (χ3n) is 4.78. The van der Waals surface area contributed by atoms with E-state index in [2.05, 4.69) is 5.32 Å². The van der Waals surface area contributed by atoms with E-state index in [1.54, 1.807) is 31.2 Å². The predicted molar refractivity (Wildman–Crippen MR) is 118 cm³/mol. The number of hydrogen-bond acceptors (Lipinski definition) is 4. The van der Waals surface area contributed by atoms with Gasteiger partial charge in [0.15, 0.2) is 0 Å². The second-order valence-electron chi connectivity index (χ2n) is 6.98. The lowest BCUT2D eigenvalue weighted by atomic mass is 10.1. The van der Waals surface area contributed by atoms with Crippen LogP contribution in [0.1, 0.15) is 42.4 Å². The van der Waals surface area contributed by atoms with Crippen molar-refractivity contribution < 1.29 is 14.3 Å². The van der Waals surface area contributed by atoms with Crippen LogP contribution in [0.5, 0.6) is 0 Å². The van der Waals surface area contributed by atoms with Crippen LogP contribution >= 0.6 is 11.6 Å². The van der Waals surface area contributed by atoms with Crippen molar-refractivity contribution in [1.82, 2.24) is 14.9 Å². The van der Waals surface area contributed by atoms with Crippen LogP contribution in [0.4, 0.5) is 0 Å². The quantitative estimate of drug-likeness (QED) is 0.384. The zero-order valence-electron chi connectivity index (χ0n) is 17.1. The Labute approximate surface area is 181 Å². The predicted octanol–water partition coefficient (Wildman–Crippen LogP) is 4.40. The van der Waals surface area contributed by atoms with Crippen molar-refractivity contribution in [3.05, 3.63) is 64.9 Å². The van der Waals surface area contributed by atoms with Crippen molar-refractivity contribution >= 4 is 34.5 Å². The van der Waals surface area contributed by atoms with E-state index in [-0.39, 0.29) is 18.4 Å². The van der Waals surface area contributed by atoms with E-state index < -0.39 is 0 Å². The largest absolute Gasteiger partial charge is 0.465 e. The molecule has 0 bridgehead atoms. The summed E-state index contributed by atoms with van der Waals surface area (Å²) in [7, 11) is 0. The number of carbonyl (C=O) groups excluding carboxylic acids is 2. The highest BCUT2D eigenvalue weighted by atomic mass is 35.5. The Bertz CT molecular complexity index is 1020. The number of aryl methyl sites for hydroxylation is 1. The van der Waals surface area contributed by atoms with Gasteiger partial charge in [0.25, 0.3) is 5.91 Å². The molecule has 1 amide bonds. The van der Waals surface area contributed by atoms with Gasteiger partial charge in [-0.15, -0.1) is 0 Å². The molecule has 0 radical (unpaired) electrons. The van der Waals surface area contributed by atoms with Crippen molar-refractivity contribution in [3.8, 4) is 0 Å². The summed E-state index contributed by atoms with van der Waals surface area (Å²) in [6, 6.07) is 14.7. The number of para-hydroxylation sites is 2. The molecule has 0 aliphatic heterocycles. The molecule has 3 aromatic rings. The van der Waals surface area contributed by atoms with E-state index in [1.165, 1.54) is 0 Å². The highest BCUT2D eigenvalue weighted by molar-refractivity contribution is 6.30. The number of benzene rings is 2. The molecule has 0 aliphatic carbocycles. The van der Waals surface area contributed by atoms with Crippen molar-refractivity contribution in [3.63, 3.8) is 0 Å². The molecule has 3 rings (SSSR count). The Morgan fingerprint density at radius 2 is 1.93 bits per heavy atom. The zero-order chi connectivity index (χ0) is 21.3. The van der Waals surface area contributed by atoms with Gasteiger partial charge in [0.1, 0.15) is 12.4 Å². The minimum atomic E-state index is -0.259. The van der Waals surface area contributed by atoms with E-state index >= 15 is 0 Å². The zero-order valence-corrected chi connectivity index (χ0v) is 17.8. The van der Waals surface area contributed by atoms with Gasteiger partial charge in [0.05, 0.1) is 17.6 Å². The van der Waals surface area contributed by atoms with Crippen LogP contribution in [-0.4, -0.2) is 34.6 Å². The van der Waals surface area contributed by atoms with Gasteiger partial charge in [-0.1, -0.05) is 36.2 Å². The molecule has 0 spiro atoms. The van der Waals surface area contributed by atoms with Crippen molar-refractivity contribution in [1.29, 1.82) is 0 Å². The topological polar surface area (TPSA) is 73.2 Å². The highest BCUT2D eigenvalue weighted by Crippen LogP contribution is 2.18. The molecular formula is C23H26ClN3O3. The maximum Gasteiger partial charge on any atom is 0.326 e. The van der Waals surface area contributed by atoms with Gasteiger partial charge in [-0.3, -0.25) is 9.59 Å². The summed E-state index contributed by atoms with van der Waals surface area (Å²) in [5.74, 6) is 0.506. The van der Waals surface area contributed by atoms with Crippen LogP contribution in [0, 0.1) is 0 Å². The Morgan fingerprint density at radius 1 is 1.10 bits per heavy atom. The lowest BCUT2D eigenvalue weighted by Gasteiger charge is -2.09. The van der Waals surface area contributed by atoms with Crippen LogP contribution in [0.15, 0.2) is 48.5 Å². The number of imidazole rings is 1. The first-order valence-corrected chi connectivity index (χ1v) is 10.6. The van der Waals surface area contributed by atoms with Crippen LogP contribution in [0.25, 0.3) is 11.0 Å². The number of halogens is 1. The van der Waals surface area contributed by atoms with E-state index in [9.17, 15) is 9.59 Å². The number of carbonyl (C=O) groups is 2. The number of rotatable bonds is 10. The Balaban J connectivity index is 1.49. The number of aromatic nitrogens is 2. The first-order valence-electron chi connectivity index (χ1n) is 10.2. The average molecular weight is 428 g/mol. The third-order valence-corrected chi connectivity index (χ3v) is 5.01. The first kappa shape index (κ1) is 21.8. The number of unbranched alkanes of at least 4 members (excludes halogenated alkanes) is 2. The lowest BCUT2D eigenvalue weighted by Crippen LogP contribution is -2.24. The molecule has 0 atom stereocenters. The summed E-state index contributed by atoms with van der Waals surface area (Å²) in [5, 5.41) is 3.47. The Hall–Kier alpha value is -2.86. The fourth-order valence-electron chi connectivity index (χ4n) is 3.35. The fourth-order valence-corrected chi connectivity index (χ4v) is 3.54. The first-order chi connectivity index (χ1) is 14.6. The lowest BCUT2D eigenvalue weighted by molar-refractivity contribution is -0.143. The van der Waals surface area contributed by atoms with Gasteiger partial charge in [-0.2, -0.15) is 0 Å². The molecule has 0 fully saturated rings. The molecule has 1 N–H and O–H groups in total. The standard InChI is InChI=1S/C23H26ClN3O3/c1-2-30-22(28)16-27-20-12-6-5-11-19(20)26-21(27)13-4-3-7-14-25-23(29)17-9-8-10-18(24)15-17/h5-6,8-12,15H,2-4,7,13-14,16H2,1H3,(H,25,29). The fraction of sp³-hybridized carbons (Fsp3) is 0.348.